The van der Waals surface area contributed by atoms with Crippen LogP contribution < -0.4 is 5.73 Å². The molecule has 92 valence electrons. The van der Waals surface area contributed by atoms with Crippen molar-refractivity contribution in [2.24, 2.45) is 5.73 Å². The Morgan fingerprint density at radius 3 is 2.12 bits per heavy atom. The van der Waals surface area contributed by atoms with Crippen LogP contribution in [-0.2, 0) is 5.54 Å². The van der Waals surface area contributed by atoms with E-state index in [1.807, 2.05) is 0 Å². The van der Waals surface area contributed by atoms with E-state index in [-0.39, 0.29) is 0 Å². The van der Waals surface area contributed by atoms with Crippen molar-refractivity contribution in [1.82, 2.24) is 0 Å². The molecule has 1 aromatic carbocycles. The predicted octanol–water partition coefficient (Wildman–Crippen LogP) is 2.39. The summed E-state index contributed by atoms with van der Waals surface area (Å²) in [4.78, 5) is 10.6. The Kier molecular flexibility index (Phi) is 2.87. The summed E-state index contributed by atoms with van der Waals surface area (Å²) in [6.45, 7) is 0. The predicted molar refractivity (Wildman–Crippen MR) is 57.7 cm³/mol. The second-order valence-corrected chi connectivity index (χ2v) is 4.48. The molecule has 0 radical (unpaired) electrons. The quantitative estimate of drug-likeness (QED) is 0.835. The van der Waals surface area contributed by atoms with Gasteiger partial charge in [0.15, 0.2) is 0 Å². The zero-order valence-electron chi connectivity index (χ0n) is 9.17. The minimum absolute atomic E-state index is 0.343. The molecule has 0 spiro atoms. The average molecular weight is 241 g/mol. The van der Waals surface area contributed by atoms with E-state index in [9.17, 15) is 13.6 Å². The molecule has 0 aliphatic heterocycles. The zero-order chi connectivity index (χ0) is 12.6. The smallest absolute Gasteiger partial charge is 0.341 e. The summed E-state index contributed by atoms with van der Waals surface area (Å²) in [7, 11) is 0. The molecular weight excluding hydrogens is 228 g/mol. The molecule has 1 saturated carbocycles. The lowest BCUT2D eigenvalue weighted by Crippen LogP contribution is -2.33. The standard InChI is InChI=1S/C12H13F2NO2/c13-8-5-7(12(15)3-1-2-4-12)6-9(14)10(8)11(16)17/h5-6H,1-4,15H2,(H,16,17). The van der Waals surface area contributed by atoms with Gasteiger partial charge in [0.1, 0.15) is 17.2 Å². The first-order valence-electron chi connectivity index (χ1n) is 5.46. The van der Waals surface area contributed by atoms with E-state index < -0.39 is 28.7 Å². The molecule has 0 bridgehead atoms. The molecule has 0 unspecified atom stereocenters. The van der Waals surface area contributed by atoms with Crippen LogP contribution in [0.15, 0.2) is 12.1 Å². The summed E-state index contributed by atoms with van der Waals surface area (Å²) in [5.41, 5.74) is 4.76. The van der Waals surface area contributed by atoms with E-state index >= 15 is 0 Å². The minimum Gasteiger partial charge on any atom is -0.477 e. The number of carboxylic acids is 1. The van der Waals surface area contributed by atoms with Crippen LogP contribution in [0.5, 0.6) is 0 Å². The Morgan fingerprint density at radius 2 is 1.71 bits per heavy atom. The van der Waals surface area contributed by atoms with Gasteiger partial charge in [0.25, 0.3) is 0 Å². The molecule has 17 heavy (non-hydrogen) atoms. The summed E-state index contributed by atoms with van der Waals surface area (Å²) < 4.78 is 27.0. The van der Waals surface area contributed by atoms with Crippen LogP contribution in [0.25, 0.3) is 0 Å². The first-order valence-corrected chi connectivity index (χ1v) is 5.46. The van der Waals surface area contributed by atoms with Crippen molar-refractivity contribution >= 4 is 5.97 Å². The van der Waals surface area contributed by atoms with Crippen molar-refractivity contribution in [3.63, 3.8) is 0 Å². The molecule has 0 atom stereocenters. The molecule has 3 N–H and O–H groups in total. The third-order valence-corrected chi connectivity index (χ3v) is 3.33. The summed E-state index contributed by atoms with van der Waals surface area (Å²) in [6, 6.07) is 2.08. The van der Waals surface area contributed by atoms with Crippen LogP contribution >= 0.6 is 0 Å². The van der Waals surface area contributed by atoms with Gasteiger partial charge in [-0.15, -0.1) is 0 Å². The summed E-state index contributed by atoms with van der Waals surface area (Å²) >= 11 is 0. The van der Waals surface area contributed by atoms with Gasteiger partial charge >= 0.3 is 5.97 Å². The molecule has 0 amide bonds. The van der Waals surface area contributed by atoms with E-state index in [0.717, 1.165) is 25.0 Å². The van der Waals surface area contributed by atoms with Gasteiger partial charge in [-0.2, -0.15) is 0 Å². The summed E-state index contributed by atoms with van der Waals surface area (Å²) in [6.07, 6.45) is 3.16. The fraction of sp³-hybridized carbons (Fsp3) is 0.417. The van der Waals surface area contributed by atoms with Crippen LogP contribution in [0, 0.1) is 11.6 Å². The van der Waals surface area contributed by atoms with E-state index in [1.165, 1.54) is 0 Å². The van der Waals surface area contributed by atoms with E-state index in [1.54, 1.807) is 0 Å². The van der Waals surface area contributed by atoms with E-state index in [2.05, 4.69) is 0 Å². The number of benzene rings is 1. The molecule has 5 heteroatoms. The number of hydrogen-bond acceptors (Lipinski definition) is 2. The van der Waals surface area contributed by atoms with Crippen LogP contribution in [0.4, 0.5) is 8.78 Å². The maximum Gasteiger partial charge on any atom is 0.341 e. The number of hydrogen-bond donors (Lipinski definition) is 2. The third kappa shape index (κ3) is 2.02. The maximum atomic E-state index is 13.5. The molecule has 3 nitrogen and oxygen atoms in total. The first-order chi connectivity index (χ1) is 7.94. The van der Waals surface area contributed by atoms with Gasteiger partial charge in [-0.25, -0.2) is 13.6 Å². The highest BCUT2D eigenvalue weighted by Crippen LogP contribution is 2.37. The van der Waals surface area contributed by atoms with Crippen LogP contribution in [0.1, 0.15) is 41.6 Å². The Hall–Kier alpha value is -1.49. The molecule has 0 saturated heterocycles. The van der Waals surface area contributed by atoms with Gasteiger partial charge in [-0.05, 0) is 30.5 Å². The first kappa shape index (κ1) is 12.0. The van der Waals surface area contributed by atoms with Gasteiger partial charge in [0.05, 0.1) is 0 Å². The fourth-order valence-electron chi connectivity index (χ4n) is 2.36. The Labute approximate surface area is 97.2 Å². The van der Waals surface area contributed by atoms with Gasteiger partial charge < -0.3 is 10.8 Å². The van der Waals surface area contributed by atoms with Crippen molar-refractivity contribution in [2.45, 2.75) is 31.2 Å². The van der Waals surface area contributed by atoms with Crippen molar-refractivity contribution in [3.05, 3.63) is 34.9 Å². The molecular formula is C12H13F2NO2. The Morgan fingerprint density at radius 1 is 1.24 bits per heavy atom. The van der Waals surface area contributed by atoms with Crippen molar-refractivity contribution in [2.75, 3.05) is 0 Å². The number of nitrogens with two attached hydrogens (primary N) is 1. The molecule has 1 aliphatic carbocycles. The van der Waals surface area contributed by atoms with Crippen LogP contribution in [0.2, 0.25) is 0 Å². The number of rotatable bonds is 2. The minimum atomic E-state index is -1.61. The van der Waals surface area contributed by atoms with E-state index in [0.29, 0.717) is 18.4 Å². The lowest BCUT2D eigenvalue weighted by Gasteiger charge is -2.24. The number of aromatic carboxylic acids is 1. The second-order valence-electron chi connectivity index (χ2n) is 4.48. The van der Waals surface area contributed by atoms with Crippen molar-refractivity contribution < 1.29 is 18.7 Å². The normalized spacial score (nSPS) is 18.3. The number of halogens is 2. The van der Waals surface area contributed by atoms with Gasteiger partial charge in [-0.1, -0.05) is 12.8 Å². The zero-order valence-corrected chi connectivity index (χ0v) is 9.17. The Balaban J connectivity index is 2.48. The van der Waals surface area contributed by atoms with E-state index in [4.69, 9.17) is 10.8 Å². The van der Waals surface area contributed by atoms with Crippen LogP contribution in [-0.4, -0.2) is 11.1 Å². The van der Waals surface area contributed by atoms with Crippen LogP contribution in [0.3, 0.4) is 0 Å². The fourth-order valence-corrected chi connectivity index (χ4v) is 2.36. The lowest BCUT2D eigenvalue weighted by molar-refractivity contribution is 0.0686. The molecule has 1 aliphatic rings. The monoisotopic (exact) mass is 241 g/mol. The van der Waals surface area contributed by atoms with Gasteiger partial charge in [-0.3, -0.25) is 0 Å². The molecule has 2 rings (SSSR count). The second kappa shape index (κ2) is 4.07. The third-order valence-electron chi connectivity index (χ3n) is 3.33. The highest BCUT2D eigenvalue weighted by Gasteiger charge is 2.33. The number of carbonyl (C=O) groups is 1. The topological polar surface area (TPSA) is 63.3 Å². The number of carboxylic acid groups (broad SMARTS) is 1. The molecule has 1 fully saturated rings. The summed E-state index contributed by atoms with van der Waals surface area (Å²) in [5.74, 6) is -3.74. The average Bonchev–Trinajstić information content (AvgIpc) is 2.64. The largest absolute Gasteiger partial charge is 0.477 e. The summed E-state index contributed by atoms with van der Waals surface area (Å²) in [5, 5.41) is 8.66. The lowest BCUT2D eigenvalue weighted by atomic mass is 9.88. The van der Waals surface area contributed by atoms with Crippen molar-refractivity contribution in [3.8, 4) is 0 Å². The molecule has 0 heterocycles. The van der Waals surface area contributed by atoms with Crippen molar-refractivity contribution in [1.29, 1.82) is 0 Å². The van der Waals surface area contributed by atoms with Gasteiger partial charge in [0, 0.05) is 5.54 Å². The maximum absolute atomic E-state index is 13.5. The van der Waals surface area contributed by atoms with Gasteiger partial charge in [0.2, 0.25) is 0 Å². The molecule has 0 aromatic heterocycles. The highest BCUT2D eigenvalue weighted by atomic mass is 19.1. The Bertz CT molecular complexity index is 445. The highest BCUT2D eigenvalue weighted by molar-refractivity contribution is 5.88. The SMILES string of the molecule is NC1(c2cc(F)c(C(=O)O)c(F)c2)CCCC1. The molecule has 1 aromatic rings.